The lowest BCUT2D eigenvalue weighted by Crippen LogP contribution is -2.46. The molecule has 0 spiro atoms. The summed E-state index contributed by atoms with van der Waals surface area (Å²) in [4.78, 5) is 25.6. The summed E-state index contributed by atoms with van der Waals surface area (Å²) in [5, 5.41) is 2.81. The summed E-state index contributed by atoms with van der Waals surface area (Å²) in [7, 11) is 0. The van der Waals surface area contributed by atoms with Gasteiger partial charge in [0.15, 0.2) is 6.61 Å². The smallest absolute Gasteiger partial charge is 0.263 e. The average molecular weight is 466 g/mol. The van der Waals surface area contributed by atoms with Crippen LogP contribution in [0.4, 0.5) is 17.3 Å². The fourth-order valence-electron chi connectivity index (χ4n) is 4.12. The van der Waals surface area contributed by atoms with E-state index >= 15 is 0 Å². The van der Waals surface area contributed by atoms with E-state index in [9.17, 15) is 4.79 Å². The molecule has 0 aliphatic carbocycles. The van der Waals surface area contributed by atoms with Gasteiger partial charge in [-0.2, -0.15) is 0 Å². The Labute approximate surface area is 205 Å². The summed E-state index contributed by atoms with van der Waals surface area (Å²) in [6.45, 7) is 3.42. The van der Waals surface area contributed by atoms with Gasteiger partial charge in [0.2, 0.25) is 0 Å². The molecule has 176 valence electrons. The molecule has 7 heteroatoms. The van der Waals surface area contributed by atoms with Gasteiger partial charge in [0.25, 0.3) is 5.91 Å². The Kier molecular flexibility index (Phi) is 6.84. The van der Waals surface area contributed by atoms with Crippen molar-refractivity contribution in [1.82, 2.24) is 9.97 Å². The molecule has 1 aliphatic heterocycles. The van der Waals surface area contributed by atoms with Gasteiger partial charge in [-0.1, -0.05) is 60.7 Å². The number of hydrogen-bond donors (Lipinski definition) is 1. The number of hydrogen-bond acceptors (Lipinski definition) is 6. The van der Waals surface area contributed by atoms with Crippen molar-refractivity contribution < 1.29 is 9.53 Å². The maximum Gasteiger partial charge on any atom is 0.263 e. The summed E-state index contributed by atoms with van der Waals surface area (Å²) in [5.41, 5.74) is 3.47. The van der Waals surface area contributed by atoms with Crippen LogP contribution in [0.5, 0.6) is 5.75 Å². The molecule has 1 aromatic heterocycles. The lowest BCUT2D eigenvalue weighted by molar-refractivity contribution is -0.118. The van der Waals surface area contributed by atoms with Crippen molar-refractivity contribution in [3.05, 3.63) is 97.3 Å². The van der Waals surface area contributed by atoms with E-state index in [0.29, 0.717) is 11.6 Å². The molecule has 5 rings (SSSR count). The summed E-state index contributed by atoms with van der Waals surface area (Å²) in [6, 6.07) is 30.1. The predicted molar refractivity (Wildman–Crippen MR) is 139 cm³/mol. The highest BCUT2D eigenvalue weighted by molar-refractivity contribution is 5.91. The van der Waals surface area contributed by atoms with Crippen LogP contribution >= 0.6 is 0 Å². The molecule has 1 fully saturated rings. The Hall–Kier alpha value is -4.39. The third-order valence-electron chi connectivity index (χ3n) is 5.98. The molecule has 7 nitrogen and oxygen atoms in total. The maximum atomic E-state index is 12.4. The average Bonchev–Trinajstić information content (AvgIpc) is 2.93. The number of ether oxygens (including phenoxy) is 1. The lowest BCUT2D eigenvalue weighted by Gasteiger charge is -2.36. The van der Waals surface area contributed by atoms with Crippen LogP contribution < -0.4 is 19.9 Å². The standard InChI is InChI=1S/C28H27N5O2/c34-28(20-35-25-13-11-23(12-14-25)22-7-3-1-4-8-22)31-26-19-27(30-21-29-26)33-17-15-32(16-18-33)24-9-5-2-6-10-24/h1-14,19,21H,15-18,20H2,(H,29,30,31,34). The first kappa shape index (κ1) is 22.4. The van der Waals surface area contributed by atoms with Gasteiger partial charge in [0.05, 0.1) is 0 Å². The van der Waals surface area contributed by atoms with E-state index in [2.05, 4.69) is 61.5 Å². The van der Waals surface area contributed by atoms with Crippen molar-refractivity contribution in [3.8, 4) is 16.9 Å². The molecule has 1 aliphatic rings. The van der Waals surface area contributed by atoms with E-state index in [1.165, 1.54) is 12.0 Å². The molecule has 2 heterocycles. The third-order valence-corrected chi connectivity index (χ3v) is 5.98. The zero-order valence-corrected chi connectivity index (χ0v) is 19.4. The molecule has 0 atom stereocenters. The highest BCUT2D eigenvalue weighted by Gasteiger charge is 2.19. The van der Waals surface area contributed by atoms with Crippen LogP contribution in [0.25, 0.3) is 11.1 Å². The van der Waals surface area contributed by atoms with E-state index in [4.69, 9.17) is 4.74 Å². The highest BCUT2D eigenvalue weighted by Crippen LogP contribution is 2.23. The number of nitrogens with one attached hydrogen (secondary N) is 1. The van der Waals surface area contributed by atoms with Crippen LogP contribution in [0.3, 0.4) is 0 Å². The largest absolute Gasteiger partial charge is 0.484 e. The number of aromatic nitrogens is 2. The summed E-state index contributed by atoms with van der Waals surface area (Å²) < 4.78 is 5.66. The number of benzene rings is 3. The van der Waals surface area contributed by atoms with Crippen LogP contribution in [-0.2, 0) is 4.79 Å². The molecule has 1 saturated heterocycles. The van der Waals surface area contributed by atoms with E-state index in [1.807, 2.05) is 54.6 Å². The van der Waals surface area contributed by atoms with Gasteiger partial charge >= 0.3 is 0 Å². The SMILES string of the molecule is O=C(COc1ccc(-c2ccccc2)cc1)Nc1cc(N2CCN(c3ccccc3)CC2)ncn1. The number of rotatable bonds is 7. The van der Waals surface area contributed by atoms with Gasteiger partial charge in [0.1, 0.15) is 23.7 Å². The minimum atomic E-state index is -0.268. The molecular weight excluding hydrogens is 438 g/mol. The zero-order chi connectivity index (χ0) is 23.9. The van der Waals surface area contributed by atoms with Gasteiger partial charge in [-0.15, -0.1) is 0 Å². The second kappa shape index (κ2) is 10.7. The maximum absolute atomic E-state index is 12.4. The van der Waals surface area contributed by atoms with Crippen molar-refractivity contribution in [3.63, 3.8) is 0 Å². The number of piperazine rings is 1. The van der Waals surface area contributed by atoms with Gasteiger partial charge in [-0.25, -0.2) is 9.97 Å². The second-order valence-corrected chi connectivity index (χ2v) is 8.30. The van der Waals surface area contributed by atoms with Crippen molar-refractivity contribution in [1.29, 1.82) is 0 Å². The molecule has 0 unspecified atom stereocenters. The Morgan fingerprint density at radius 3 is 2.11 bits per heavy atom. The molecule has 0 radical (unpaired) electrons. The number of anilines is 3. The van der Waals surface area contributed by atoms with Crippen LogP contribution in [0, 0.1) is 0 Å². The van der Waals surface area contributed by atoms with Crippen molar-refractivity contribution in [2.45, 2.75) is 0 Å². The third kappa shape index (κ3) is 5.76. The Morgan fingerprint density at radius 1 is 0.771 bits per heavy atom. The van der Waals surface area contributed by atoms with E-state index in [-0.39, 0.29) is 12.5 Å². The van der Waals surface area contributed by atoms with Crippen molar-refractivity contribution in [2.75, 3.05) is 47.9 Å². The van der Waals surface area contributed by atoms with Crippen LogP contribution in [0.15, 0.2) is 97.3 Å². The number of nitrogens with zero attached hydrogens (tertiary/aromatic N) is 4. The topological polar surface area (TPSA) is 70.6 Å². The van der Waals surface area contributed by atoms with Gasteiger partial charge in [-0.05, 0) is 35.4 Å². The number of carbonyl (C=O) groups is 1. The van der Waals surface area contributed by atoms with E-state index in [1.54, 1.807) is 0 Å². The fourth-order valence-corrected chi connectivity index (χ4v) is 4.12. The molecule has 1 N–H and O–H groups in total. The van der Waals surface area contributed by atoms with Crippen LogP contribution in [-0.4, -0.2) is 48.7 Å². The molecule has 4 aromatic rings. The fraction of sp³-hybridized carbons (Fsp3) is 0.179. The number of carbonyl (C=O) groups excluding carboxylic acids is 1. The van der Waals surface area contributed by atoms with E-state index < -0.39 is 0 Å². The first-order valence-corrected chi connectivity index (χ1v) is 11.7. The minimum Gasteiger partial charge on any atom is -0.484 e. The molecule has 35 heavy (non-hydrogen) atoms. The quantitative estimate of drug-likeness (QED) is 0.434. The molecule has 0 saturated carbocycles. The summed E-state index contributed by atoms with van der Waals surface area (Å²) >= 11 is 0. The van der Waals surface area contributed by atoms with Gasteiger partial charge < -0.3 is 19.9 Å². The Balaban J connectivity index is 1.12. The number of para-hydroxylation sites is 1. The monoisotopic (exact) mass is 465 g/mol. The zero-order valence-electron chi connectivity index (χ0n) is 19.4. The number of amides is 1. The normalized spacial score (nSPS) is 13.4. The Bertz CT molecular complexity index is 1240. The Morgan fingerprint density at radius 2 is 1.40 bits per heavy atom. The van der Waals surface area contributed by atoms with Crippen LogP contribution in [0.2, 0.25) is 0 Å². The highest BCUT2D eigenvalue weighted by atomic mass is 16.5. The first-order valence-electron chi connectivity index (χ1n) is 11.7. The molecule has 1 amide bonds. The van der Waals surface area contributed by atoms with E-state index in [0.717, 1.165) is 43.1 Å². The molecule has 3 aromatic carbocycles. The van der Waals surface area contributed by atoms with Gasteiger partial charge in [0, 0.05) is 37.9 Å². The summed E-state index contributed by atoms with van der Waals surface area (Å²) in [5.74, 6) is 1.64. The second-order valence-electron chi connectivity index (χ2n) is 8.30. The van der Waals surface area contributed by atoms with Gasteiger partial charge in [-0.3, -0.25) is 4.79 Å². The van der Waals surface area contributed by atoms with Crippen molar-refractivity contribution >= 4 is 23.2 Å². The molecule has 0 bridgehead atoms. The van der Waals surface area contributed by atoms with Crippen LogP contribution in [0.1, 0.15) is 0 Å². The first-order chi connectivity index (χ1) is 17.2. The predicted octanol–water partition coefficient (Wildman–Crippen LogP) is 4.49. The minimum absolute atomic E-state index is 0.0975. The lowest BCUT2D eigenvalue weighted by atomic mass is 10.1. The summed E-state index contributed by atoms with van der Waals surface area (Å²) in [6.07, 6.45) is 1.48. The molecular formula is C28H27N5O2. The van der Waals surface area contributed by atoms with Crippen molar-refractivity contribution in [2.24, 2.45) is 0 Å².